The largest absolute Gasteiger partial charge is 0.298 e. The number of aryl methyl sites for hydroxylation is 1. The number of hydrogen-bond donors (Lipinski definition) is 2. The number of carbonyl (C=O) groups excluding carboxylic acids is 1. The van der Waals surface area contributed by atoms with E-state index in [1.54, 1.807) is 47.8 Å². The molecule has 0 atom stereocenters. The van der Waals surface area contributed by atoms with Crippen molar-refractivity contribution in [3.8, 4) is 11.3 Å². The third-order valence-electron chi connectivity index (χ3n) is 4.69. The molecule has 10 heteroatoms. The number of anilines is 2. The predicted octanol–water partition coefficient (Wildman–Crippen LogP) is 6.48. The molecule has 0 aliphatic rings. The number of nitrogens with one attached hydrogen (secondary N) is 2. The first-order chi connectivity index (χ1) is 15.7. The molecule has 33 heavy (non-hydrogen) atoms. The van der Waals surface area contributed by atoms with E-state index >= 15 is 0 Å². The second kappa shape index (κ2) is 9.52. The van der Waals surface area contributed by atoms with E-state index in [4.69, 9.17) is 23.2 Å². The minimum Gasteiger partial charge on any atom is -0.298 e. The van der Waals surface area contributed by atoms with Crippen LogP contribution in [0.5, 0.6) is 0 Å². The topological polar surface area (TPSA) is 88.2 Å². The lowest BCUT2D eigenvalue weighted by atomic mass is 10.2. The fourth-order valence-corrected chi connectivity index (χ4v) is 5.07. The average molecular weight is 518 g/mol. The zero-order valence-corrected chi connectivity index (χ0v) is 20.3. The molecule has 0 aliphatic carbocycles. The maximum Gasteiger partial charge on any atom is 0.261 e. The van der Waals surface area contributed by atoms with Gasteiger partial charge in [0.15, 0.2) is 5.13 Å². The molecule has 0 saturated heterocycles. The van der Waals surface area contributed by atoms with Crippen LogP contribution in [0.4, 0.5) is 10.8 Å². The van der Waals surface area contributed by atoms with Gasteiger partial charge in [0, 0.05) is 10.9 Å². The van der Waals surface area contributed by atoms with Crippen LogP contribution in [0.25, 0.3) is 11.3 Å². The van der Waals surface area contributed by atoms with Crippen LogP contribution in [-0.2, 0) is 10.0 Å². The highest BCUT2D eigenvalue weighted by atomic mass is 35.5. The molecular formula is C23H17Cl2N3O3S2. The van der Waals surface area contributed by atoms with Crippen molar-refractivity contribution in [3.05, 3.63) is 93.3 Å². The molecule has 0 aliphatic heterocycles. The molecule has 0 saturated carbocycles. The summed E-state index contributed by atoms with van der Waals surface area (Å²) in [6.45, 7) is 1.87. The highest BCUT2D eigenvalue weighted by molar-refractivity contribution is 7.92. The lowest BCUT2D eigenvalue weighted by Crippen LogP contribution is -2.18. The molecule has 4 aromatic rings. The molecule has 2 N–H and O–H groups in total. The van der Waals surface area contributed by atoms with E-state index in [9.17, 15) is 13.2 Å². The number of aromatic nitrogens is 1. The lowest BCUT2D eigenvalue weighted by Gasteiger charge is -2.12. The molecule has 1 aromatic heterocycles. The Morgan fingerprint density at radius 3 is 2.42 bits per heavy atom. The van der Waals surface area contributed by atoms with Gasteiger partial charge in [0.05, 0.1) is 31.9 Å². The Bertz CT molecular complexity index is 1440. The number of halogens is 2. The molecule has 0 fully saturated rings. The fraction of sp³-hybridized carbons (Fsp3) is 0.0435. The maximum absolute atomic E-state index is 12.9. The smallest absolute Gasteiger partial charge is 0.261 e. The third-order valence-corrected chi connectivity index (χ3v) is 7.57. The first kappa shape index (κ1) is 23.3. The summed E-state index contributed by atoms with van der Waals surface area (Å²) >= 11 is 13.3. The molecule has 168 valence electrons. The number of thiazole rings is 1. The number of amides is 1. The Balaban J connectivity index is 1.55. The van der Waals surface area contributed by atoms with Gasteiger partial charge >= 0.3 is 0 Å². The average Bonchev–Trinajstić information content (AvgIpc) is 3.24. The zero-order valence-electron chi connectivity index (χ0n) is 17.2. The van der Waals surface area contributed by atoms with Gasteiger partial charge in [-0.1, -0.05) is 59.1 Å². The van der Waals surface area contributed by atoms with Crippen LogP contribution in [0.15, 0.2) is 77.0 Å². The summed E-state index contributed by atoms with van der Waals surface area (Å²) in [5, 5.41) is 5.70. The second-order valence-electron chi connectivity index (χ2n) is 7.09. The standard InChI is InChI=1S/C23H17Cl2N3O3S2/c1-14-6-9-16(10-7-14)33(30,31)28-20-5-3-2-4-17(20)22(29)27-23-26-21(13-32-23)15-8-11-18(24)19(25)12-15/h2-13,28H,1H3,(H,26,27,29). The summed E-state index contributed by atoms with van der Waals surface area (Å²) in [4.78, 5) is 17.5. The van der Waals surface area contributed by atoms with Crippen molar-refractivity contribution in [1.29, 1.82) is 0 Å². The van der Waals surface area contributed by atoms with E-state index in [2.05, 4.69) is 15.0 Å². The van der Waals surface area contributed by atoms with E-state index in [-0.39, 0.29) is 16.1 Å². The van der Waals surface area contributed by atoms with Crippen LogP contribution in [0.2, 0.25) is 10.0 Å². The van der Waals surface area contributed by atoms with Crippen molar-refractivity contribution in [2.45, 2.75) is 11.8 Å². The van der Waals surface area contributed by atoms with Gasteiger partial charge in [0.25, 0.3) is 15.9 Å². The second-order valence-corrected chi connectivity index (χ2v) is 10.4. The van der Waals surface area contributed by atoms with E-state index in [0.29, 0.717) is 20.9 Å². The van der Waals surface area contributed by atoms with Gasteiger partial charge in [-0.3, -0.25) is 14.8 Å². The number of nitrogens with zero attached hydrogens (tertiary/aromatic N) is 1. The van der Waals surface area contributed by atoms with Gasteiger partial charge < -0.3 is 0 Å². The quantitative estimate of drug-likeness (QED) is 0.306. The van der Waals surface area contributed by atoms with Crippen molar-refractivity contribution in [3.63, 3.8) is 0 Å². The van der Waals surface area contributed by atoms with Crippen molar-refractivity contribution in [1.82, 2.24) is 4.98 Å². The molecule has 6 nitrogen and oxygen atoms in total. The number of rotatable bonds is 6. The SMILES string of the molecule is Cc1ccc(S(=O)(=O)Nc2ccccc2C(=O)Nc2nc(-c3ccc(Cl)c(Cl)c3)cs2)cc1. The molecule has 3 aromatic carbocycles. The Kier molecular flexibility index (Phi) is 6.71. The number of para-hydroxylation sites is 1. The van der Waals surface area contributed by atoms with Crippen LogP contribution in [0.3, 0.4) is 0 Å². The van der Waals surface area contributed by atoms with E-state index < -0.39 is 15.9 Å². The van der Waals surface area contributed by atoms with Crippen LogP contribution >= 0.6 is 34.5 Å². The summed E-state index contributed by atoms with van der Waals surface area (Å²) in [5.41, 5.74) is 2.66. The zero-order chi connectivity index (χ0) is 23.6. The summed E-state index contributed by atoms with van der Waals surface area (Å²) in [7, 11) is -3.86. The highest BCUT2D eigenvalue weighted by Gasteiger charge is 2.19. The first-order valence-corrected chi connectivity index (χ1v) is 12.8. The molecule has 1 heterocycles. The number of sulfonamides is 1. The van der Waals surface area contributed by atoms with E-state index in [0.717, 1.165) is 11.1 Å². The molecule has 4 rings (SSSR count). The molecule has 1 amide bonds. The monoisotopic (exact) mass is 517 g/mol. The molecule has 0 bridgehead atoms. The van der Waals surface area contributed by atoms with Crippen LogP contribution in [0.1, 0.15) is 15.9 Å². The first-order valence-electron chi connectivity index (χ1n) is 9.64. The number of carbonyl (C=O) groups is 1. The summed E-state index contributed by atoms with van der Waals surface area (Å²) in [5.74, 6) is -0.493. The van der Waals surface area contributed by atoms with Gasteiger partial charge in [-0.25, -0.2) is 13.4 Å². The van der Waals surface area contributed by atoms with Crippen molar-refractivity contribution < 1.29 is 13.2 Å². The van der Waals surface area contributed by atoms with Crippen molar-refractivity contribution >= 4 is 61.3 Å². The van der Waals surface area contributed by atoms with Gasteiger partial charge in [-0.05, 0) is 43.3 Å². The molecule has 0 unspecified atom stereocenters. The Hall–Kier alpha value is -2.91. The molecular weight excluding hydrogens is 501 g/mol. The lowest BCUT2D eigenvalue weighted by molar-refractivity contribution is 0.102. The van der Waals surface area contributed by atoms with Gasteiger partial charge in [0.2, 0.25) is 0 Å². The van der Waals surface area contributed by atoms with Crippen LogP contribution in [-0.4, -0.2) is 19.3 Å². The number of hydrogen-bond acceptors (Lipinski definition) is 5. The Morgan fingerprint density at radius 1 is 0.970 bits per heavy atom. The minimum atomic E-state index is -3.86. The van der Waals surface area contributed by atoms with Crippen molar-refractivity contribution in [2.24, 2.45) is 0 Å². The summed E-state index contributed by atoms with van der Waals surface area (Å²) < 4.78 is 28.1. The van der Waals surface area contributed by atoms with Gasteiger partial charge in [-0.15, -0.1) is 11.3 Å². The normalized spacial score (nSPS) is 11.2. The molecule has 0 spiro atoms. The minimum absolute atomic E-state index is 0.106. The maximum atomic E-state index is 12.9. The van der Waals surface area contributed by atoms with Crippen LogP contribution in [0, 0.1) is 6.92 Å². The fourth-order valence-electron chi connectivity index (χ4n) is 2.97. The Morgan fingerprint density at radius 2 is 1.70 bits per heavy atom. The van der Waals surface area contributed by atoms with Gasteiger partial charge in [-0.2, -0.15) is 0 Å². The summed E-state index contributed by atoms with van der Waals surface area (Å²) in [6, 6.07) is 18.0. The van der Waals surface area contributed by atoms with E-state index in [1.807, 2.05) is 6.92 Å². The molecule has 0 radical (unpaired) electrons. The van der Waals surface area contributed by atoms with Gasteiger partial charge in [0.1, 0.15) is 0 Å². The third kappa shape index (κ3) is 5.36. The van der Waals surface area contributed by atoms with Crippen LogP contribution < -0.4 is 10.0 Å². The highest BCUT2D eigenvalue weighted by Crippen LogP contribution is 2.31. The Labute approximate surface area is 205 Å². The van der Waals surface area contributed by atoms with Crippen molar-refractivity contribution in [2.75, 3.05) is 10.0 Å². The van der Waals surface area contributed by atoms with E-state index in [1.165, 1.54) is 35.6 Å². The predicted molar refractivity (Wildman–Crippen MR) is 134 cm³/mol. The summed E-state index contributed by atoms with van der Waals surface area (Å²) in [6.07, 6.45) is 0. The number of benzene rings is 3.